The minimum Gasteiger partial charge on any atom is -0.390 e. The highest BCUT2D eigenvalue weighted by atomic mass is 16.3. The first-order chi connectivity index (χ1) is 26.1. The SMILES string of the molecule is CCC(C)CNC(=O)CC(O)C(CC(C)C)NC(=O)C(CCCn1cccc1)NC(=O)C(Cc1ccc2ccccc2c1)Cc1cccc2ccccc12. The van der Waals surface area contributed by atoms with Gasteiger partial charge in [-0.25, -0.2) is 0 Å². The molecule has 0 fully saturated rings. The maximum Gasteiger partial charge on any atom is 0.242 e. The number of nitrogens with one attached hydrogen (secondary N) is 3. The number of aromatic nitrogens is 1. The molecule has 54 heavy (non-hydrogen) atoms. The minimum atomic E-state index is -1.07. The number of aliphatic hydroxyl groups is 1. The van der Waals surface area contributed by atoms with Crippen molar-refractivity contribution in [1.82, 2.24) is 20.5 Å². The van der Waals surface area contributed by atoms with E-state index in [1.807, 2.05) is 68.7 Å². The van der Waals surface area contributed by atoms with Crippen LogP contribution in [0.4, 0.5) is 0 Å². The van der Waals surface area contributed by atoms with Crippen LogP contribution in [0.15, 0.2) is 109 Å². The van der Waals surface area contributed by atoms with E-state index in [9.17, 15) is 19.5 Å². The van der Waals surface area contributed by atoms with E-state index in [1.54, 1.807) is 0 Å². The maximum absolute atomic E-state index is 14.6. The van der Waals surface area contributed by atoms with Crippen molar-refractivity contribution >= 4 is 39.3 Å². The predicted molar refractivity (Wildman–Crippen MR) is 219 cm³/mol. The Bertz CT molecular complexity index is 1950. The van der Waals surface area contributed by atoms with Crippen molar-refractivity contribution in [3.8, 4) is 0 Å². The first-order valence-electron chi connectivity index (χ1n) is 19.7. The summed E-state index contributed by atoms with van der Waals surface area (Å²) in [4.78, 5) is 41.5. The Hall–Kier alpha value is -4.95. The predicted octanol–water partition coefficient (Wildman–Crippen LogP) is 7.61. The molecular weight excluding hydrogens is 673 g/mol. The van der Waals surface area contributed by atoms with Gasteiger partial charge in [-0.1, -0.05) is 119 Å². The number of rotatable bonds is 20. The monoisotopic (exact) mass is 730 g/mol. The number of hydrogen-bond acceptors (Lipinski definition) is 4. The summed E-state index contributed by atoms with van der Waals surface area (Å²) in [5.74, 6) is -0.756. The van der Waals surface area contributed by atoms with Gasteiger partial charge < -0.3 is 25.6 Å². The van der Waals surface area contributed by atoms with Gasteiger partial charge in [-0.2, -0.15) is 0 Å². The quantitative estimate of drug-likeness (QED) is 0.0661. The van der Waals surface area contributed by atoms with Crippen molar-refractivity contribution in [2.24, 2.45) is 17.8 Å². The van der Waals surface area contributed by atoms with Gasteiger partial charge in [-0.15, -0.1) is 0 Å². The summed E-state index contributed by atoms with van der Waals surface area (Å²) < 4.78 is 2.06. The summed E-state index contributed by atoms with van der Waals surface area (Å²) in [5, 5.41) is 24.9. The highest BCUT2D eigenvalue weighted by molar-refractivity contribution is 5.90. The van der Waals surface area contributed by atoms with E-state index < -0.39 is 24.1 Å². The molecule has 286 valence electrons. The number of carbonyl (C=O) groups is 3. The third-order valence-electron chi connectivity index (χ3n) is 10.5. The van der Waals surface area contributed by atoms with Crippen LogP contribution in [0, 0.1) is 17.8 Å². The molecule has 5 atom stereocenters. The molecule has 0 saturated heterocycles. The molecule has 0 aliphatic heterocycles. The van der Waals surface area contributed by atoms with Crippen molar-refractivity contribution in [2.75, 3.05) is 6.54 Å². The van der Waals surface area contributed by atoms with E-state index >= 15 is 0 Å². The Kier molecular flexibility index (Phi) is 14.9. The topological polar surface area (TPSA) is 112 Å². The average Bonchev–Trinajstić information content (AvgIpc) is 3.69. The first-order valence-corrected chi connectivity index (χ1v) is 19.7. The molecule has 0 spiro atoms. The van der Waals surface area contributed by atoms with Crippen LogP contribution < -0.4 is 16.0 Å². The second-order valence-corrected chi connectivity index (χ2v) is 15.4. The molecular formula is C46H58N4O4. The molecule has 0 aliphatic rings. The Labute approximate surface area is 320 Å². The fourth-order valence-corrected chi connectivity index (χ4v) is 7.14. The van der Waals surface area contributed by atoms with E-state index in [1.165, 1.54) is 0 Å². The van der Waals surface area contributed by atoms with Gasteiger partial charge in [0.2, 0.25) is 17.7 Å². The third kappa shape index (κ3) is 11.8. The van der Waals surface area contributed by atoms with Gasteiger partial charge >= 0.3 is 0 Å². The lowest BCUT2D eigenvalue weighted by Gasteiger charge is -2.29. The van der Waals surface area contributed by atoms with Crippen molar-refractivity contribution in [3.05, 3.63) is 121 Å². The zero-order valence-electron chi connectivity index (χ0n) is 32.3. The first kappa shape index (κ1) is 40.2. The van der Waals surface area contributed by atoms with Crippen LogP contribution in [0.3, 0.4) is 0 Å². The van der Waals surface area contributed by atoms with Gasteiger partial charge in [0.05, 0.1) is 18.6 Å². The number of amides is 3. The lowest BCUT2D eigenvalue weighted by Crippen LogP contribution is -2.54. The molecule has 0 bridgehead atoms. The van der Waals surface area contributed by atoms with Gasteiger partial charge in [0.15, 0.2) is 0 Å². The standard InChI is InChI=1S/C46H58N4O4/c1-5-33(4)31-47-44(52)30-43(51)42(26-32(2)3)49-46(54)41(20-13-25-50-23-10-11-24-50)48-45(53)39(28-34-21-22-35-14-6-7-16-37(35)27-34)29-38-18-12-17-36-15-8-9-19-40(36)38/h6-12,14-19,21-24,27,32-33,39,41-43,51H,5,13,20,25-26,28-31H2,1-4H3,(H,47,52)(H,48,53)(H,49,54). The zero-order chi connectivity index (χ0) is 38.5. The second-order valence-electron chi connectivity index (χ2n) is 15.4. The van der Waals surface area contributed by atoms with Crippen LogP contribution >= 0.6 is 0 Å². The molecule has 5 aromatic rings. The van der Waals surface area contributed by atoms with E-state index in [2.05, 4.69) is 89.0 Å². The summed E-state index contributed by atoms with van der Waals surface area (Å²) in [6.07, 6.45) is 6.27. The van der Waals surface area contributed by atoms with Crippen molar-refractivity contribution in [2.45, 2.75) is 97.4 Å². The molecule has 0 radical (unpaired) electrons. The molecule has 3 amide bonds. The third-order valence-corrected chi connectivity index (χ3v) is 10.5. The highest BCUT2D eigenvalue weighted by Crippen LogP contribution is 2.25. The number of carbonyl (C=O) groups excluding carboxylic acids is 3. The number of benzene rings is 4. The fourth-order valence-electron chi connectivity index (χ4n) is 7.14. The molecule has 0 saturated carbocycles. The molecule has 4 aromatic carbocycles. The number of fused-ring (bicyclic) bond motifs is 2. The van der Waals surface area contributed by atoms with Gasteiger partial charge in [0.25, 0.3) is 0 Å². The molecule has 8 heteroatoms. The van der Waals surface area contributed by atoms with Gasteiger partial charge in [-0.3, -0.25) is 14.4 Å². The molecule has 1 heterocycles. The number of aliphatic hydroxyl groups excluding tert-OH is 1. The summed E-state index contributed by atoms with van der Waals surface area (Å²) in [7, 11) is 0. The lowest BCUT2D eigenvalue weighted by atomic mass is 9.88. The van der Waals surface area contributed by atoms with Crippen LogP contribution in [0.25, 0.3) is 21.5 Å². The Balaban J connectivity index is 1.38. The fraction of sp³-hybridized carbons (Fsp3) is 0.413. The molecule has 0 aliphatic carbocycles. The van der Waals surface area contributed by atoms with Crippen molar-refractivity contribution < 1.29 is 19.5 Å². The van der Waals surface area contributed by atoms with Gasteiger partial charge in [0.1, 0.15) is 6.04 Å². The molecule has 1 aromatic heterocycles. The van der Waals surface area contributed by atoms with Crippen LogP contribution in [0.2, 0.25) is 0 Å². The minimum absolute atomic E-state index is 0.113. The highest BCUT2D eigenvalue weighted by Gasteiger charge is 2.31. The lowest BCUT2D eigenvalue weighted by molar-refractivity contribution is -0.132. The second kappa shape index (κ2) is 19.9. The van der Waals surface area contributed by atoms with Crippen LogP contribution in [-0.2, 0) is 33.8 Å². The average molecular weight is 731 g/mol. The molecule has 5 unspecified atom stereocenters. The van der Waals surface area contributed by atoms with Crippen LogP contribution in [-0.4, -0.2) is 52.1 Å². The summed E-state index contributed by atoms with van der Waals surface area (Å²) in [6.45, 7) is 9.42. The number of hydrogen-bond donors (Lipinski definition) is 4. The van der Waals surface area contributed by atoms with E-state index in [0.29, 0.717) is 51.1 Å². The van der Waals surface area contributed by atoms with E-state index in [-0.39, 0.29) is 30.1 Å². The molecule has 8 nitrogen and oxygen atoms in total. The van der Waals surface area contributed by atoms with Gasteiger partial charge in [-0.05, 0) is 88.7 Å². The Morgan fingerprint density at radius 1 is 0.759 bits per heavy atom. The Morgan fingerprint density at radius 3 is 2.20 bits per heavy atom. The zero-order valence-corrected chi connectivity index (χ0v) is 32.3. The molecule has 4 N–H and O–H groups in total. The summed E-state index contributed by atoms with van der Waals surface area (Å²) in [6, 6.07) is 31.4. The molecule has 5 rings (SSSR count). The van der Waals surface area contributed by atoms with E-state index in [0.717, 1.165) is 39.1 Å². The summed E-state index contributed by atoms with van der Waals surface area (Å²) in [5.41, 5.74) is 2.13. The number of aryl methyl sites for hydroxylation is 1. The van der Waals surface area contributed by atoms with Crippen molar-refractivity contribution in [1.29, 1.82) is 0 Å². The van der Waals surface area contributed by atoms with Crippen LogP contribution in [0.5, 0.6) is 0 Å². The van der Waals surface area contributed by atoms with Crippen molar-refractivity contribution in [3.63, 3.8) is 0 Å². The van der Waals surface area contributed by atoms with Gasteiger partial charge in [0, 0.05) is 31.4 Å². The smallest absolute Gasteiger partial charge is 0.242 e. The van der Waals surface area contributed by atoms with Crippen LogP contribution in [0.1, 0.15) is 70.9 Å². The van der Waals surface area contributed by atoms with E-state index in [4.69, 9.17) is 0 Å². The Morgan fingerprint density at radius 2 is 1.46 bits per heavy atom. The normalized spacial score (nSPS) is 14.3. The summed E-state index contributed by atoms with van der Waals surface area (Å²) >= 11 is 0. The number of nitrogens with zero attached hydrogens (tertiary/aromatic N) is 1. The maximum atomic E-state index is 14.6. The largest absolute Gasteiger partial charge is 0.390 e.